The highest BCUT2D eigenvalue weighted by molar-refractivity contribution is 5.93. The Labute approximate surface area is 95.4 Å². The molecule has 1 aromatic rings. The van der Waals surface area contributed by atoms with Crippen molar-refractivity contribution >= 4 is 5.91 Å². The molecule has 4 heteroatoms. The Morgan fingerprint density at radius 2 is 2.12 bits per heavy atom. The smallest absolute Gasteiger partial charge is 0.287 e. The molecule has 0 unspecified atom stereocenters. The Morgan fingerprint density at radius 3 is 2.69 bits per heavy atom. The molecule has 0 atom stereocenters. The first-order valence-electron chi connectivity index (χ1n) is 5.75. The summed E-state index contributed by atoms with van der Waals surface area (Å²) in [5, 5.41) is 6.29. The monoisotopic (exact) mass is 222 g/mol. The number of carbonyl (C=O) groups excluding carboxylic acids is 1. The lowest BCUT2D eigenvalue weighted by Gasteiger charge is -2.23. The molecule has 0 spiro atoms. The first-order valence-corrected chi connectivity index (χ1v) is 5.75. The van der Waals surface area contributed by atoms with Gasteiger partial charge in [-0.3, -0.25) is 4.79 Å². The van der Waals surface area contributed by atoms with Crippen LogP contribution in [-0.4, -0.2) is 25.0 Å². The number of carbonyl (C=O) groups is 1. The maximum absolute atomic E-state index is 11.9. The Hall–Kier alpha value is -1.29. The summed E-state index contributed by atoms with van der Waals surface area (Å²) in [7, 11) is 0. The van der Waals surface area contributed by atoms with Crippen LogP contribution in [0.5, 0.6) is 0 Å². The second kappa shape index (κ2) is 4.70. The Kier molecular flexibility index (Phi) is 3.29. The van der Waals surface area contributed by atoms with Crippen LogP contribution >= 0.6 is 0 Å². The molecular weight excluding hydrogens is 204 g/mol. The fraction of sp³-hybridized carbons (Fsp3) is 0.583. The first kappa shape index (κ1) is 11.2. The number of rotatable bonds is 2. The number of furan rings is 1. The van der Waals surface area contributed by atoms with Crippen molar-refractivity contribution in [3.63, 3.8) is 0 Å². The van der Waals surface area contributed by atoms with Crippen LogP contribution in [0, 0.1) is 13.8 Å². The number of hydrogen-bond donors (Lipinski definition) is 2. The van der Waals surface area contributed by atoms with E-state index in [1.807, 2.05) is 19.9 Å². The van der Waals surface area contributed by atoms with E-state index in [1.165, 1.54) is 0 Å². The average Bonchev–Trinajstić information content (AvgIpc) is 2.59. The fourth-order valence-electron chi connectivity index (χ4n) is 2.08. The van der Waals surface area contributed by atoms with Crippen molar-refractivity contribution in [3.8, 4) is 0 Å². The van der Waals surface area contributed by atoms with Gasteiger partial charge in [0.2, 0.25) is 0 Å². The predicted molar refractivity (Wildman–Crippen MR) is 61.5 cm³/mol. The summed E-state index contributed by atoms with van der Waals surface area (Å²) in [6.45, 7) is 5.70. The van der Waals surface area contributed by atoms with E-state index in [4.69, 9.17) is 4.42 Å². The molecule has 16 heavy (non-hydrogen) atoms. The van der Waals surface area contributed by atoms with E-state index in [0.717, 1.165) is 37.3 Å². The van der Waals surface area contributed by atoms with E-state index < -0.39 is 0 Å². The minimum Gasteiger partial charge on any atom is -0.456 e. The molecule has 1 aliphatic rings. The highest BCUT2D eigenvalue weighted by Crippen LogP contribution is 2.14. The summed E-state index contributed by atoms with van der Waals surface area (Å²) >= 11 is 0. The molecule has 2 rings (SSSR count). The largest absolute Gasteiger partial charge is 0.456 e. The van der Waals surface area contributed by atoms with E-state index in [-0.39, 0.29) is 11.9 Å². The molecule has 1 saturated heterocycles. The van der Waals surface area contributed by atoms with Gasteiger partial charge in [0.05, 0.1) is 0 Å². The quantitative estimate of drug-likeness (QED) is 0.794. The minimum absolute atomic E-state index is 0.0856. The van der Waals surface area contributed by atoms with Gasteiger partial charge >= 0.3 is 0 Å². The Bertz CT molecular complexity index is 378. The van der Waals surface area contributed by atoms with Crippen molar-refractivity contribution in [2.24, 2.45) is 0 Å². The highest BCUT2D eigenvalue weighted by atomic mass is 16.3. The molecule has 0 saturated carbocycles. The van der Waals surface area contributed by atoms with Crippen LogP contribution in [0.2, 0.25) is 0 Å². The fourth-order valence-corrected chi connectivity index (χ4v) is 2.08. The summed E-state index contributed by atoms with van der Waals surface area (Å²) in [6.07, 6.45) is 1.98. The minimum atomic E-state index is -0.0856. The van der Waals surface area contributed by atoms with Crippen molar-refractivity contribution in [2.45, 2.75) is 32.7 Å². The lowest BCUT2D eigenvalue weighted by molar-refractivity contribution is 0.0899. The first-order chi connectivity index (χ1) is 7.66. The normalized spacial score (nSPS) is 17.4. The maximum Gasteiger partial charge on any atom is 0.287 e. The zero-order chi connectivity index (χ0) is 11.5. The third-order valence-corrected chi connectivity index (χ3v) is 2.92. The van der Waals surface area contributed by atoms with Crippen molar-refractivity contribution in [2.75, 3.05) is 13.1 Å². The van der Waals surface area contributed by atoms with E-state index >= 15 is 0 Å². The maximum atomic E-state index is 11.9. The van der Waals surface area contributed by atoms with Gasteiger partial charge < -0.3 is 15.1 Å². The molecule has 4 nitrogen and oxygen atoms in total. The summed E-state index contributed by atoms with van der Waals surface area (Å²) in [5.41, 5.74) is 0.906. The summed E-state index contributed by atoms with van der Waals surface area (Å²) in [4.78, 5) is 11.9. The highest BCUT2D eigenvalue weighted by Gasteiger charge is 2.19. The van der Waals surface area contributed by atoms with Crippen molar-refractivity contribution in [3.05, 3.63) is 23.2 Å². The number of nitrogens with one attached hydrogen (secondary N) is 2. The third-order valence-electron chi connectivity index (χ3n) is 2.92. The van der Waals surface area contributed by atoms with Crippen molar-refractivity contribution in [1.29, 1.82) is 0 Å². The van der Waals surface area contributed by atoms with Gasteiger partial charge in [-0.2, -0.15) is 0 Å². The molecule has 0 radical (unpaired) electrons. The van der Waals surface area contributed by atoms with E-state index in [0.29, 0.717) is 5.76 Å². The van der Waals surface area contributed by atoms with Gasteiger partial charge in [-0.15, -0.1) is 0 Å². The molecule has 1 amide bonds. The van der Waals surface area contributed by atoms with Crippen LogP contribution in [0.4, 0.5) is 0 Å². The van der Waals surface area contributed by atoms with Crippen molar-refractivity contribution < 1.29 is 9.21 Å². The number of hydrogen-bond acceptors (Lipinski definition) is 3. The molecule has 2 heterocycles. The predicted octanol–water partition coefficient (Wildman–Crippen LogP) is 1.38. The van der Waals surface area contributed by atoms with Crippen LogP contribution in [0.15, 0.2) is 10.5 Å². The van der Waals surface area contributed by atoms with Crippen LogP contribution < -0.4 is 10.6 Å². The van der Waals surface area contributed by atoms with Crippen LogP contribution in [0.3, 0.4) is 0 Å². The molecule has 1 aliphatic heterocycles. The van der Waals surface area contributed by atoms with E-state index in [1.54, 1.807) is 0 Å². The van der Waals surface area contributed by atoms with Gasteiger partial charge in [0.1, 0.15) is 5.76 Å². The third kappa shape index (κ3) is 2.44. The van der Waals surface area contributed by atoms with Gasteiger partial charge in [0, 0.05) is 11.6 Å². The number of aryl methyl sites for hydroxylation is 2. The summed E-state index contributed by atoms with van der Waals surface area (Å²) in [5.74, 6) is 1.15. The molecular formula is C12H18N2O2. The van der Waals surface area contributed by atoms with Gasteiger partial charge in [-0.05, 0) is 45.8 Å². The standard InChI is InChI=1S/C12H18N2O2/c1-8-7-9(2)16-11(8)12(15)14-10-3-5-13-6-4-10/h7,10,13H,3-6H2,1-2H3,(H,14,15). The molecule has 1 fully saturated rings. The average molecular weight is 222 g/mol. The Balaban J connectivity index is 1.99. The number of amides is 1. The molecule has 0 aliphatic carbocycles. The van der Waals surface area contributed by atoms with Gasteiger partial charge in [-0.25, -0.2) is 0 Å². The lowest BCUT2D eigenvalue weighted by Crippen LogP contribution is -2.42. The van der Waals surface area contributed by atoms with Crippen molar-refractivity contribution in [1.82, 2.24) is 10.6 Å². The summed E-state index contributed by atoms with van der Waals surface area (Å²) < 4.78 is 5.39. The van der Waals surface area contributed by atoms with E-state index in [2.05, 4.69) is 10.6 Å². The second-order valence-electron chi connectivity index (χ2n) is 4.37. The van der Waals surface area contributed by atoms with Crippen LogP contribution in [0.1, 0.15) is 34.7 Å². The Morgan fingerprint density at radius 1 is 1.44 bits per heavy atom. The topological polar surface area (TPSA) is 54.3 Å². The summed E-state index contributed by atoms with van der Waals surface area (Å²) in [6, 6.07) is 2.16. The van der Waals surface area contributed by atoms with E-state index in [9.17, 15) is 4.79 Å². The van der Waals surface area contributed by atoms with Crippen LogP contribution in [0.25, 0.3) is 0 Å². The molecule has 0 aromatic carbocycles. The van der Waals surface area contributed by atoms with Crippen LogP contribution in [-0.2, 0) is 0 Å². The van der Waals surface area contributed by atoms with Gasteiger partial charge in [0.15, 0.2) is 5.76 Å². The molecule has 2 N–H and O–H groups in total. The van der Waals surface area contributed by atoms with Gasteiger partial charge in [-0.1, -0.05) is 0 Å². The SMILES string of the molecule is Cc1cc(C)c(C(=O)NC2CCNCC2)o1. The number of piperidine rings is 1. The molecule has 0 bridgehead atoms. The zero-order valence-corrected chi connectivity index (χ0v) is 9.80. The molecule has 1 aromatic heterocycles. The second-order valence-corrected chi connectivity index (χ2v) is 4.37. The lowest BCUT2D eigenvalue weighted by atomic mass is 10.1. The van der Waals surface area contributed by atoms with Gasteiger partial charge in [0.25, 0.3) is 5.91 Å². The molecule has 88 valence electrons. The zero-order valence-electron chi connectivity index (χ0n) is 9.80.